The highest BCUT2D eigenvalue weighted by Crippen LogP contribution is 2.39. The molecule has 2 aliphatic heterocycles. The molecule has 0 radical (unpaired) electrons. The summed E-state index contributed by atoms with van der Waals surface area (Å²) in [5.41, 5.74) is -1.83. The van der Waals surface area contributed by atoms with Crippen LogP contribution in [0.1, 0.15) is 37.0 Å². The van der Waals surface area contributed by atoms with Crippen molar-refractivity contribution < 1.29 is 45.8 Å². The summed E-state index contributed by atoms with van der Waals surface area (Å²) < 4.78 is 79.3. The van der Waals surface area contributed by atoms with Crippen LogP contribution in [0.25, 0.3) is 11.0 Å². The molecule has 200 valence electrons. The number of alkyl halides is 6. The quantitative estimate of drug-likeness (QED) is 0.597. The molecule has 2 saturated heterocycles. The van der Waals surface area contributed by atoms with Gasteiger partial charge in [0.2, 0.25) is 0 Å². The number of amides is 1. The minimum Gasteiger partial charge on any atom is -0.475 e. The van der Waals surface area contributed by atoms with Crippen LogP contribution in [0.15, 0.2) is 24.5 Å². The maximum absolute atomic E-state index is 13.6. The molecule has 36 heavy (non-hydrogen) atoms. The van der Waals surface area contributed by atoms with Crippen LogP contribution in [-0.2, 0) is 15.1 Å². The summed E-state index contributed by atoms with van der Waals surface area (Å²) in [5.74, 6) is -3.12. The van der Waals surface area contributed by atoms with Crippen LogP contribution in [0.4, 0.5) is 26.3 Å². The van der Waals surface area contributed by atoms with Crippen molar-refractivity contribution in [3.05, 3.63) is 30.1 Å². The molecule has 3 atom stereocenters. The molecule has 2 aromatic rings. The number of carbonyl (C=O) groups excluding carboxylic acids is 1. The first-order chi connectivity index (χ1) is 16.5. The van der Waals surface area contributed by atoms with Crippen LogP contribution in [0.2, 0.25) is 0 Å². The first kappa shape index (κ1) is 27.7. The fourth-order valence-electron chi connectivity index (χ4n) is 4.28. The maximum Gasteiger partial charge on any atom is 0.490 e. The summed E-state index contributed by atoms with van der Waals surface area (Å²) in [4.78, 5) is 28.3. The molecule has 14 heteroatoms. The number of morpholine rings is 1. The van der Waals surface area contributed by atoms with Gasteiger partial charge < -0.3 is 19.7 Å². The number of pyridine rings is 1. The van der Waals surface area contributed by atoms with Crippen molar-refractivity contribution in [3.8, 4) is 0 Å². The third kappa shape index (κ3) is 5.59. The van der Waals surface area contributed by atoms with Crippen LogP contribution < -0.4 is 5.32 Å². The van der Waals surface area contributed by atoms with Crippen LogP contribution >= 0.6 is 0 Å². The van der Waals surface area contributed by atoms with Gasteiger partial charge in [-0.2, -0.15) is 26.3 Å². The second-order valence-electron chi connectivity index (χ2n) is 9.30. The second kappa shape index (κ2) is 9.88. The maximum atomic E-state index is 13.6. The van der Waals surface area contributed by atoms with Crippen molar-refractivity contribution in [1.29, 1.82) is 0 Å². The Morgan fingerprint density at radius 2 is 1.67 bits per heavy atom. The van der Waals surface area contributed by atoms with Crippen molar-refractivity contribution in [1.82, 2.24) is 19.8 Å². The van der Waals surface area contributed by atoms with Crippen molar-refractivity contribution in [2.24, 2.45) is 0 Å². The Kier molecular flexibility index (Phi) is 7.61. The number of aromatic nitrogens is 2. The van der Waals surface area contributed by atoms with Gasteiger partial charge in [-0.3, -0.25) is 9.69 Å². The number of hydrogen-bond donors (Lipinski definition) is 2. The SMILES string of the molecule is CN1[C@@H]2COC[C@H]1C[C@@H](NC(=O)c1cn(C(C)(C)C(F)(F)F)c3ncccc13)C2.O=C(O)C(F)(F)F. The third-order valence-corrected chi connectivity index (χ3v) is 6.57. The van der Waals surface area contributed by atoms with E-state index in [1.807, 2.05) is 0 Å². The molecule has 0 aliphatic carbocycles. The number of piperidine rings is 1. The minimum atomic E-state index is -5.08. The van der Waals surface area contributed by atoms with Gasteiger partial charge >= 0.3 is 18.3 Å². The number of nitrogens with zero attached hydrogens (tertiary/aromatic N) is 3. The Bertz CT molecular complexity index is 1100. The van der Waals surface area contributed by atoms with Gasteiger partial charge in [-0.25, -0.2) is 9.78 Å². The number of carboxylic acid groups (broad SMARTS) is 1. The molecule has 0 aromatic carbocycles. The van der Waals surface area contributed by atoms with Crippen LogP contribution in [0.3, 0.4) is 0 Å². The molecule has 4 rings (SSSR count). The topological polar surface area (TPSA) is 96.7 Å². The van der Waals surface area contributed by atoms with E-state index < -0.39 is 23.9 Å². The number of hydrogen-bond acceptors (Lipinski definition) is 5. The molecule has 2 fully saturated rings. The Morgan fingerprint density at radius 3 is 2.17 bits per heavy atom. The number of likely N-dealkylation sites (N-methyl/N-ethyl adjacent to an activating group) is 1. The highest BCUT2D eigenvalue weighted by Gasteiger charge is 2.50. The molecular formula is C22H26F6N4O4. The number of nitrogens with one attached hydrogen (secondary N) is 1. The number of fused-ring (bicyclic) bond motifs is 3. The lowest BCUT2D eigenvalue weighted by molar-refractivity contribution is -0.201. The number of halogens is 6. The summed E-state index contributed by atoms with van der Waals surface area (Å²) in [6.45, 7) is 3.42. The van der Waals surface area contributed by atoms with Crippen LogP contribution in [0.5, 0.6) is 0 Å². The minimum absolute atomic E-state index is 0.0386. The monoisotopic (exact) mass is 524 g/mol. The Labute approximate surface area is 202 Å². The predicted octanol–water partition coefficient (Wildman–Crippen LogP) is 3.56. The number of carboxylic acids is 1. The molecule has 8 nitrogen and oxygen atoms in total. The Balaban J connectivity index is 0.000000454. The van der Waals surface area contributed by atoms with E-state index in [4.69, 9.17) is 14.6 Å². The summed E-state index contributed by atoms with van der Waals surface area (Å²) in [6.07, 6.45) is -5.35. The van der Waals surface area contributed by atoms with Crippen molar-refractivity contribution in [2.75, 3.05) is 20.3 Å². The zero-order chi connectivity index (χ0) is 27.1. The fraction of sp³-hybridized carbons (Fsp3) is 0.591. The van der Waals surface area contributed by atoms with E-state index >= 15 is 0 Å². The molecule has 1 amide bonds. The largest absolute Gasteiger partial charge is 0.490 e. The van der Waals surface area contributed by atoms with E-state index in [1.165, 1.54) is 12.4 Å². The third-order valence-electron chi connectivity index (χ3n) is 6.57. The lowest BCUT2D eigenvalue weighted by Crippen LogP contribution is -2.59. The molecule has 4 heterocycles. The first-order valence-electron chi connectivity index (χ1n) is 11.0. The Hall–Kier alpha value is -2.87. The number of aliphatic carboxylic acids is 1. The smallest absolute Gasteiger partial charge is 0.475 e. The number of rotatable bonds is 3. The molecule has 0 saturated carbocycles. The number of carbonyl (C=O) groups is 2. The van der Waals surface area contributed by atoms with E-state index in [-0.39, 0.29) is 35.2 Å². The van der Waals surface area contributed by atoms with Gasteiger partial charge in [-0.1, -0.05) is 0 Å². The van der Waals surface area contributed by atoms with Gasteiger partial charge in [-0.05, 0) is 45.9 Å². The Morgan fingerprint density at radius 1 is 1.11 bits per heavy atom. The van der Waals surface area contributed by atoms with E-state index in [0.29, 0.717) is 18.6 Å². The zero-order valence-corrected chi connectivity index (χ0v) is 19.7. The number of ether oxygens (including phenoxy) is 1. The van der Waals surface area contributed by atoms with Gasteiger partial charge in [0.05, 0.1) is 18.8 Å². The molecule has 2 N–H and O–H groups in total. The fourth-order valence-corrected chi connectivity index (χ4v) is 4.28. The van der Waals surface area contributed by atoms with Crippen molar-refractivity contribution in [2.45, 2.75) is 62.7 Å². The normalized spacial score (nSPS) is 23.1. The second-order valence-corrected chi connectivity index (χ2v) is 9.30. The van der Waals surface area contributed by atoms with Gasteiger partial charge in [0.1, 0.15) is 11.2 Å². The molecule has 0 unspecified atom stereocenters. The van der Waals surface area contributed by atoms with Gasteiger partial charge in [-0.15, -0.1) is 0 Å². The summed E-state index contributed by atoms with van der Waals surface area (Å²) >= 11 is 0. The van der Waals surface area contributed by atoms with Crippen LogP contribution in [0, 0.1) is 0 Å². The standard InChI is InChI=1S/C20H25F3N4O2.C2HF3O2/c1-19(2,20(21,22)23)27-9-16(15-5-4-6-24-17(15)27)18(28)25-12-7-13-10-29-11-14(8-12)26(13)3;3-2(4,5)1(6)7/h4-6,9,12-14H,7-8,10-11H2,1-3H3,(H,25,28);(H,6,7)/t12-,13-,14+;. The van der Waals surface area contributed by atoms with E-state index in [2.05, 4.69) is 22.2 Å². The lowest BCUT2D eigenvalue weighted by atomic mass is 9.90. The molecule has 2 bridgehead atoms. The summed E-state index contributed by atoms with van der Waals surface area (Å²) in [6, 6.07) is 3.70. The lowest BCUT2D eigenvalue weighted by Gasteiger charge is -2.46. The van der Waals surface area contributed by atoms with Crippen molar-refractivity contribution >= 4 is 22.9 Å². The summed E-state index contributed by atoms with van der Waals surface area (Å²) in [7, 11) is 2.06. The van der Waals surface area contributed by atoms with Crippen molar-refractivity contribution in [3.63, 3.8) is 0 Å². The van der Waals surface area contributed by atoms with E-state index in [0.717, 1.165) is 31.3 Å². The highest BCUT2D eigenvalue weighted by molar-refractivity contribution is 6.06. The first-order valence-corrected chi connectivity index (χ1v) is 11.0. The average molecular weight is 524 g/mol. The average Bonchev–Trinajstić information content (AvgIpc) is 3.14. The molecule has 2 aromatic heterocycles. The molecule has 0 spiro atoms. The molecule has 2 aliphatic rings. The summed E-state index contributed by atoms with van der Waals surface area (Å²) in [5, 5.41) is 10.6. The van der Waals surface area contributed by atoms with Crippen LogP contribution in [-0.4, -0.2) is 82.2 Å². The predicted molar refractivity (Wildman–Crippen MR) is 115 cm³/mol. The van der Waals surface area contributed by atoms with Gasteiger partial charge in [0.25, 0.3) is 5.91 Å². The van der Waals surface area contributed by atoms with E-state index in [9.17, 15) is 31.1 Å². The zero-order valence-electron chi connectivity index (χ0n) is 19.7. The van der Waals surface area contributed by atoms with Gasteiger partial charge in [0, 0.05) is 35.9 Å². The van der Waals surface area contributed by atoms with Gasteiger partial charge in [0.15, 0.2) is 0 Å². The highest BCUT2D eigenvalue weighted by atomic mass is 19.4. The van der Waals surface area contributed by atoms with E-state index in [1.54, 1.807) is 12.1 Å². The molecular weight excluding hydrogens is 498 g/mol.